The van der Waals surface area contributed by atoms with Crippen molar-refractivity contribution in [3.05, 3.63) is 28.5 Å². The topological polar surface area (TPSA) is 58.2 Å². The first-order valence-corrected chi connectivity index (χ1v) is 5.47. The van der Waals surface area contributed by atoms with E-state index in [9.17, 15) is 14.0 Å². The summed E-state index contributed by atoms with van der Waals surface area (Å²) in [6.07, 6.45) is 0. The molecule has 0 aliphatic carbocycles. The zero-order valence-electron chi connectivity index (χ0n) is 7.89. The Bertz CT molecular complexity index is 428. The van der Waals surface area contributed by atoms with Crippen LogP contribution in [-0.2, 0) is 4.79 Å². The molecule has 1 rings (SSSR count). The number of anilines is 1. The van der Waals surface area contributed by atoms with Gasteiger partial charge in [-0.25, -0.2) is 9.18 Å². The Labute approximate surface area is 104 Å². The van der Waals surface area contributed by atoms with Crippen molar-refractivity contribution >= 4 is 45.2 Å². The molecule has 3 amide bonds. The van der Waals surface area contributed by atoms with Gasteiger partial charge >= 0.3 is 6.03 Å². The molecule has 0 radical (unpaired) electrons. The van der Waals surface area contributed by atoms with E-state index in [2.05, 4.69) is 21.2 Å². The molecule has 0 spiro atoms. The van der Waals surface area contributed by atoms with E-state index >= 15 is 0 Å². The standard InChI is InChI=1S/C9H7BrClFN2O2/c10-6-2-1-5(12)3-7(6)13-9(16)14-8(15)4-11/h1-3H,4H2,(H2,13,14,15,16). The maximum absolute atomic E-state index is 12.8. The highest BCUT2D eigenvalue weighted by Gasteiger charge is 2.09. The summed E-state index contributed by atoms with van der Waals surface area (Å²) in [7, 11) is 0. The number of benzene rings is 1. The van der Waals surface area contributed by atoms with Gasteiger partial charge in [0.15, 0.2) is 0 Å². The summed E-state index contributed by atoms with van der Waals surface area (Å²) >= 11 is 8.32. The lowest BCUT2D eigenvalue weighted by Crippen LogP contribution is -2.35. The van der Waals surface area contributed by atoms with E-state index < -0.39 is 17.8 Å². The molecule has 16 heavy (non-hydrogen) atoms. The number of halogens is 3. The quantitative estimate of drug-likeness (QED) is 0.825. The molecule has 1 aromatic rings. The van der Waals surface area contributed by atoms with Gasteiger partial charge < -0.3 is 5.32 Å². The maximum Gasteiger partial charge on any atom is 0.325 e. The molecule has 2 N–H and O–H groups in total. The summed E-state index contributed by atoms with van der Waals surface area (Å²) in [4.78, 5) is 22.0. The van der Waals surface area contributed by atoms with Crippen LogP contribution in [0, 0.1) is 5.82 Å². The van der Waals surface area contributed by atoms with Crippen molar-refractivity contribution in [2.24, 2.45) is 0 Å². The highest BCUT2D eigenvalue weighted by molar-refractivity contribution is 9.10. The number of nitrogens with one attached hydrogen (secondary N) is 2. The number of imide groups is 1. The van der Waals surface area contributed by atoms with E-state index in [1.54, 1.807) is 0 Å². The van der Waals surface area contributed by atoms with Crippen LogP contribution < -0.4 is 10.6 Å². The van der Waals surface area contributed by atoms with Crippen LogP contribution in [0.15, 0.2) is 22.7 Å². The summed E-state index contributed by atoms with van der Waals surface area (Å²) in [5.41, 5.74) is 0.222. The molecule has 0 atom stereocenters. The largest absolute Gasteiger partial charge is 0.325 e. The molecule has 86 valence electrons. The van der Waals surface area contributed by atoms with Gasteiger partial charge in [-0.1, -0.05) is 0 Å². The van der Waals surface area contributed by atoms with Crippen molar-refractivity contribution in [1.82, 2.24) is 5.32 Å². The minimum Gasteiger partial charge on any atom is -0.306 e. The third-order valence-corrected chi connectivity index (χ3v) is 2.49. The molecule has 0 aromatic heterocycles. The second kappa shape index (κ2) is 5.81. The normalized spacial score (nSPS) is 9.69. The smallest absolute Gasteiger partial charge is 0.306 e. The number of amides is 3. The third-order valence-electron chi connectivity index (χ3n) is 1.55. The van der Waals surface area contributed by atoms with Gasteiger partial charge in [0.05, 0.1) is 5.69 Å². The zero-order chi connectivity index (χ0) is 12.1. The van der Waals surface area contributed by atoms with Gasteiger partial charge in [-0.3, -0.25) is 10.1 Å². The first-order valence-electron chi connectivity index (χ1n) is 4.15. The number of alkyl halides is 1. The van der Waals surface area contributed by atoms with Crippen molar-refractivity contribution < 1.29 is 14.0 Å². The van der Waals surface area contributed by atoms with Crippen molar-refractivity contribution in [2.45, 2.75) is 0 Å². The zero-order valence-corrected chi connectivity index (χ0v) is 10.2. The Morgan fingerprint density at radius 1 is 1.44 bits per heavy atom. The van der Waals surface area contributed by atoms with Crippen LogP contribution in [0.4, 0.5) is 14.9 Å². The van der Waals surface area contributed by atoms with Gasteiger partial charge in [0.2, 0.25) is 5.91 Å². The van der Waals surface area contributed by atoms with Gasteiger partial charge in [-0.2, -0.15) is 0 Å². The molecule has 1 aromatic carbocycles. The van der Waals surface area contributed by atoms with Crippen LogP contribution in [0.1, 0.15) is 0 Å². The van der Waals surface area contributed by atoms with Crippen LogP contribution >= 0.6 is 27.5 Å². The lowest BCUT2D eigenvalue weighted by atomic mass is 10.3. The minimum atomic E-state index is -0.767. The summed E-state index contributed by atoms with van der Waals surface area (Å²) in [5, 5.41) is 4.26. The molecular weight excluding hydrogens is 302 g/mol. The molecule has 0 aliphatic heterocycles. The van der Waals surface area contributed by atoms with E-state index in [4.69, 9.17) is 11.6 Å². The van der Waals surface area contributed by atoms with Crippen molar-refractivity contribution in [2.75, 3.05) is 11.2 Å². The summed E-state index contributed by atoms with van der Waals surface area (Å²) in [6.45, 7) is 0. The monoisotopic (exact) mass is 308 g/mol. The van der Waals surface area contributed by atoms with E-state index in [0.717, 1.165) is 6.07 Å². The van der Waals surface area contributed by atoms with Crippen molar-refractivity contribution in [3.63, 3.8) is 0 Å². The van der Waals surface area contributed by atoms with Crippen LogP contribution in [0.2, 0.25) is 0 Å². The molecule has 0 aliphatic rings. The minimum absolute atomic E-state index is 0.222. The molecule has 4 nitrogen and oxygen atoms in total. The average Bonchev–Trinajstić information content (AvgIpc) is 2.23. The SMILES string of the molecule is O=C(CCl)NC(=O)Nc1cc(F)ccc1Br. The number of rotatable bonds is 2. The number of hydrogen-bond donors (Lipinski definition) is 2. The molecule has 0 unspecified atom stereocenters. The molecule has 0 saturated heterocycles. The Morgan fingerprint density at radius 3 is 2.75 bits per heavy atom. The second-order valence-corrected chi connectivity index (χ2v) is 3.88. The van der Waals surface area contributed by atoms with Crippen LogP contribution in [0.25, 0.3) is 0 Å². The van der Waals surface area contributed by atoms with E-state index in [1.165, 1.54) is 12.1 Å². The Balaban J connectivity index is 2.69. The Kier molecular flexibility index (Phi) is 4.70. The number of hydrogen-bond acceptors (Lipinski definition) is 2. The Hall–Kier alpha value is -1.14. The molecule has 0 saturated carbocycles. The summed E-state index contributed by atoms with van der Waals surface area (Å²) in [5.74, 6) is -1.45. The lowest BCUT2D eigenvalue weighted by Gasteiger charge is -2.07. The van der Waals surface area contributed by atoms with Crippen LogP contribution in [0.5, 0.6) is 0 Å². The van der Waals surface area contributed by atoms with E-state index in [-0.39, 0.29) is 11.6 Å². The van der Waals surface area contributed by atoms with Crippen LogP contribution in [0.3, 0.4) is 0 Å². The molecule has 0 fully saturated rings. The predicted octanol–water partition coefficient (Wildman–Crippen LogP) is 2.48. The second-order valence-electron chi connectivity index (χ2n) is 2.76. The maximum atomic E-state index is 12.8. The average molecular weight is 310 g/mol. The fraction of sp³-hybridized carbons (Fsp3) is 0.111. The van der Waals surface area contributed by atoms with Gasteiger partial charge in [-0.15, -0.1) is 11.6 Å². The summed E-state index contributed by atoms with van der Waals surface area (Å²) in [6, 6.07) is 3.03. The fourth-order valence-corrected chi connectivity index (χ4v) is 1.32. The number of carbonyl (C=O) groups is 2. The first kappa shape index (κ1) is 12.9. The van der Waals surface area contributed by atoms with E-state index in [0.29, 0.717) is 4.47 Å². The van der Waals surface area contributed by atoms with Crippen molar-refractivity contribution in [1.29, 1.82) is 0 Å². The predicted molar refractivity (Wildman–Crippen MR) is 62.0 cm³/mol. The van der Waals surface area contributed by atoms with Gasteiger partial charge in [0, 0.05) is 4.47 Å². The fourth-order valence-electron chi connectivity index (χ4n) is 0.907. The molecule has 7 heteroatoms. The first-order chi connectivity index (χ1) is 7.52. The van der Waals surface area contributed by atoms with Gasteiger partial charge in [0.25, 0.3) is 0 Å². The number of urea groups is 1. The Morgan fingerprint density at radius 2 is 2.12 bits per heavy atom. The molecular formula is C9H7BrClFN2O2. The third kappa shape index (κ3) is 3.79. The van der Waals surface area contributed by atoms with Crippen molar-refractivity contribution in [3.8, 4) is 0 Å². The molecule has 0 heterocycles. The lowest BCUT2D eigenvalue weighted by molar-refractivity contribution is -0.117. The van der Waals surface area contributed by atoms with Crippen LogP contribution in [-0.4, -0.2) is 17.8 Å². The van der Waals surface area contributed by atoms with Gasteiger partial charge in [0.1, 0.15) is 11.7 Å². The van der Waals surface area contributed by atoms with E-state index in [1.807, 2.05) is 5.32 Å². The van der Waals surface area contributed by atoms with Gasteiger partial charge in [-0.05, 0) is 34.1 Å². The summed E-state index contributed by atoms with van der Waals surface area (Å²) < 4.78 is 13.3. The number of carbonyl (C=O) groups excluding carboxylic acids is 2. The highest BCUT2D eigenvalue weighted by atomic mass is 79.9. The highest BCUT2D eigenvalue weighted by Crippen LogP contribution is 2.22. The molecule has 0 bridgehead atoms.